The van der Waals surface area contributed by atoms with Gasteiger partial charge in [0.1, 0.15) is 0 Å². The van der Waals surface area contributed by atoms with E-state index in [0.717, 1.165) is 11.5 Å². The van der Waals surface area contributed by atoms with Crippen LogP contribution in [0.2, 0.25) is 0 Å². The molecule has 0 aliphatic carbocycles. The summed E-state index contributed by atoms with van der Waals surface area (Å²) in [6.45, 7) is 0. The van der Waals surface area contributed by atoms with Crippen molar-refractivity contribution < 1.29 is 3.89 Å². The van der Waals surface area contributed by atoms with E-state index in [1.54, 1.807) is 6.26 Å². The highest BCUT2D eigenvalue weighted by atomic mass is 32.3. The fraction of sp³-hybridized carbons (Fsp3) is 1.00. The number of hydrogen-bond acceptors (Lipinski definition) is 0. The Morgan fingerprint density at radius 2 is 1.80 bits per heavy atom. The lowest BCUT2D eigenvalue weighted by atomic mass is 11.0. The molecule has 0 aromatic heterocycles. The van der Waals surface area contributed by atoms with Crippen molar-refractivity contribution in [3.8, 4) is 0 Å². The Kier molecular flexibility index (Phi) is 0.466. The maximum absolute atomic E-state index is 11.9. The fourth-order valence-electron chi connectivity index (χ4n) is 0.115. The monoisotopic (exact) mass is 94.0 g/mol. The summed E-state index contributed by atoms with van der Waals surface area (Å²) in [7, 11) is -1.42. The lowest BCUT2D eigenvalue weighted by Gasteiger charge is -1.90. The molecule has 0 bridgehead atoms. The van der Waals surface area contributed by atoms with Crippen molar-refractivity contribution >= 4 is 10.4 Å². The molecule has 0 atom stereocenters. The van der Waals surface area contributed by atoms with E-state index in [1.807, 2.05) is 0 Å². The van der Waals surface area contributed by atoms with Crippen LogP contribution in [0.3, 0.4) is 0 Å². The van der Waals surface area contributed by atoms with Gasteiger partial charge in [0.2, 0.25) is 0 Å². The highest BCUT2D eigenvalue weighted by molar-refractivity contribution is 8.34. The summed E-state index contributed by atoms with van der Waals surface area (Å²) in [5, 5.41) is 0. The maximum atomic E-state index is 11.9. The molecule has 0 spiro atoms. The predicted octanol–water partition coefficient (Wildman–Crippen LogP) is 1.32. The second-order valence-corrected chi connectivity index (χ2v) is 4.69. The lowest BCUT2D eigenvalue weighted by molar-refractivity contribution is 0.924. The van der Waals surface area contributed by atoms with Gasteiger partial charge in [0.25, 0.3) is 0 Å². The van der Waals surface area contributed by atoms with E-state index >= 15 is 0 Å². The van der Waals surface area contributed by atoms with E-state index in [4.69, 9.17) is 0 Å². The summed E-state index contributed by atoms with van der Waals surface area (Å²) in [4.78, 5) is 0. The van der Waals surface area contributed by atoms with Gasteiger partial charge in [0.05, 0.1) is 0 Å². The van der Waals surface area contributed by atoms with Crippen LogP contribution in [0.4, 0.5) is 3.89 Å². The van der Waals surface area contributed by atoms with E-state index in [-0.39, 0.29) is 0 Å². The molecule has 1 saturated heterocycles. The first kappa shape index (κ1) is 3.47. The van der Waals surface area contributed by atoms with Crippen LogP contribution in [-0.4, -0.2) is 17.8 Å². The van der Waals surface area contributed by atoms with Crippen LogP contribution in [0.15, 0.2) is 0 Å². The average molecular weight is 94.2 g/mol. The van der Waals surface area contributed by atoms with E-state index in [2.05, 4.69) is 0 Å². The largest absolute Gasteiger partial charge is 0.190 e. The maximum Gasteiger partial charge on any atom is 0.0132 e. The summed E-state index contributed by atoms with van der Waals surface area (Å²) in [6.07, 6.45) is 1.72. The lowest BCUT2D eigenvalue weighted by Crippen LogP contribution is -1.51. The number of halogens is 1. The van der Waals surface area contributed by atoms with Crippen molar-refractivity contribution in [2.75, 3.05) is 17.8 Å². The minimum atomic E-state index is -1.42. The minimum absolute atomic E-state index is 0.868. The molecule has 0 amide bonds. The molecule has 1 aliphatic rings. The number of hydrogen-bond donors (Lipinski definition) is 0. The van der Waals surface area contributed by atoms with Gasteiger partial charge in [-0.3, -0.25) is 0 Å². The van der Waals surface area contributed by atoms with Crippen molar-refractivity contribution in [1.82, 2.24) is 0 Å². The van der Waals surface area contributed by atoms with Crippen LogP contribution >= 0.6 is 10.4 Å². The van der Waals surface area contributed by atoms with E-state index in [0.29, 0.717) is 0 Å². The van der Waals surface area contributed by atoms with Crippen LogP contribution < -0.4 is 0 Å². The van der Waals surface area contributed by atoms with Crippen molar-refractivity contribution in [2.45, 2.75) is 0 Å². The fourth-order valence-corrected chi connectivity index (χ4v) is 1.03. The molecule has 0 nitrogen and oxygen atoms in total. The third-order valence-electron chi connectivity index (χ3n) is 0.767. The van der Waals surface area contributed by atoms with E-state index in [1.165, 1.54) is 0 Å². The van der Waals surface area contributed by atoms with Crippen molar-refractivity contribution in [2.24, 2.45) is 0 Å². The second kappa shape index (κ2) is 0.672. The normalized spacial score (nSPS) is 36.4. The molecule has 32 valence electrons. The summed E-state index contributed by atoms with van der Waals surface area (Å²) >= 11 is 0. The molecular formula is C3H7FS. The average Bonchev–Trinajstić information content (AvgIpc) is 1.76. The molecule has 1 rings (SSSR count). The topological polar surface area (TPSA) is 0 Å². The summed E-state index contributed by atoms with van der Waals surface area (Å²) in [5.41, 5.74) is 0. The highest BCUT2D eigenvalue weighted by Gasteiger charge is 2.30. The zero-order chi connectivity index (χ0) is 3.91. The third-order valence-corrected chi connectivity index (χ3v) is 2.30. The first-order valence-electron chi connectivity index (χ1n) is 1.64. The molecule has 1 heterocycles. The molecule has 2 heteroatoms. The molecule has 0 N–H and O–H groups in total. The van der Waals surface area contributed by atoms with Crippen LogP contribution in [0.1, 0.15) is 0 Å². The van der Waals surface area contributed by atoms with Gasteiger partial charge >= 0.3 is 0 Å². The molecule has 0 radical (unpaired) electrons. The number of rotatable bonds is 0. The zero-order valence-electron chi connectivity index (χ0n) is 3.20. The van der Waals surface area contributed by atoms with E-state index in [9.17, 15) is 3.89 Å². The Bertz CT molecular complexity index is 44.9. The minimum Gasteiger partial charge on any atom is -0.190 e. The van der Waals surface area contributed by atoms with E-state index < -0.39 is 10.4 Å². The molecule has 0 aromatic rings. The Morgan fingerprint density at radius 3 is 1.80 bits per heavy atom. The second-order valence-electron chi connectivity index (χ2n) is 1.56. The van der Waals surface area contributed by atoms with Gasteiger partial charge in [-0.2, -0.15) is 3.89 Å². The Morgan fingerprint density at radius 1 is 1.60 bits per heavy atom. The van der Waals surface area contributed by atoms with Crippen LogP contribution in [0, 0.1) is 0 Å². The van der Waals surface area contributed by atoms with Crippen LogP contribution in [-0.2, 0) is 0 Å². The van der Waals surface area contributed by atoms with Crippen LogP contribution in [0.5, 0.6) is 0 Å². The summed E-state index contributed by atoms with van der Waals surface area (Å²) in [6, 6.07) is 0. The predicted molar refractivity (Wildman–Crippen MR) is 24.4 cm³/mol. The Balaban J connectivity index is 2.38. The van der Waals surface area contributed by atoms with Gasteiger partial charge in [-0.25, -0.2) is 0 Å². The van der Waals surface area contributed by atoms with Crippen molar-refractivity contribution in [3.05, 3.63) is 0 Å². The third kappa shape index (κ3) is 0.798. The van der Waals surface area contributed by atoms with Gasteiger partial charge < -0.3 is 0 Å². The molecule has 0 saturated carbocycles. The van der Waals surface area contributed by atoms with Gasteiger partial charge in [-0.05, 0) is 6.26 Å². The van der Waals surface area contributed by atoms with Gasteiger partial charge in [0.15, 0.2) is 0 Å². The van der Waals surface area contributed by atoms with Gasteiger partial charge in [-0.1, -0.05) is 10.4 Å². The first-order chi connectivity index (χ1) is 2.21. The van der Waals surface area contributed by atoms with Gasteiger partial charge in [0, 0.05) is 11.5 Å². The van der Waals surface area contributed by atoms with Crippen molar-refractivity contribution in [1.29, 1.82) is 0 Å². The molecule has 0 unspecified atom stereocenters. The standard InChI is InChI=1S/C3H7FS/c1-5(4)2-3-5/h2-3H2,1H3. The molecule has 1 aliphatic heterocycles. The zero-order valence-corrected chi connectivity index (χ0v) is 4.02. The summed E-state index contributed by atoms with van der Waals surface area (Å²) < 4.78 is 11.9. The quantitative estimate of drug-likeness (QED) is 0.397. The molecule has 5 heavy (non-hydrogen) atoms. The molecule has 0 aromatic carbocycles. The summed E-state index contributed by atoms with van der Waals surface area (Å²) in [5.74, 6) is 1.74. The highest BCUT2D eigenvalue weighted by Crippen LogP contribution is 2.59. The smallest absolute Gasteiger partial charge is 0.0132 e. The first-order valence-corrected chi connectivity index (χ1v) is 3.92. The Hall–Kier alpha value is 0.280. The molecule has 1 fully saturated rings. The SMILES string of the molecule is CS1(F)CC1. The Labute approximate surface area is 33.0 Å². The molecular weight excluding hydrogens is 87.1 g/mol. The van der Waals surface area contributed by atoms with Crippen molar-refractivity contribution in [3.63, 3.8) is 0 Å². The van der Waals surface area contributed by atoms with Crippen LogP contribution in [0.25, 0.3) is 0 Å². The van der Waals surface area contributed by atoms with Gasteiger partial charge in [-0.15, -0.1) is 0 Å².